The molecule has 0 unspecified atom stereocenters. The lowest BCUT2D eigenvalue weighted by Gasteiger charge is -2.04. The monoisotopic (exact) mass is 219 g/mol. The van der Waals surface area contributed by atoms with Gasteiger partial charge in [0.05, 0.1) is 0 Å². The smallest absolute Gasteiger partial charge is 0.202 e. The Morgan fingerprint density at radius 1 is 1.27 bits per heavy atom. The number of aldehydes is 1. The molecule has 1 heterocycles. The Morgan fingerprint density at radius 2 is 1.93 bits per heavy atom. The van der Waals surface area contributed by atoms with Crippen molar-refractivity contribution in [1.29, 1.82) is 0 Å². The number of nitrogens with zero attached hydrogens (tertiary/aromatic N) is 3. The molecule has 0 fully saturated rings. The lowest BCUT2D eigenvalue weighted by Crippen LogP contribution is -2.00. The first kappa shape index (κ1) is 9.92. The van der Waals surface area contributed by atoms with Gasteiger partial charge in [0.1, 0.15) is 0 Å². The van der Waals surface area contributed by atoms with Crippen LogP contribution in [0.5, 0.6) is 0 Å². The van der Waals surface area contributed by atoms with E-state index in [1.54, 1.807) is 4.57 Å². The normalized spacial score (nSPS) is 10.3. The number of rotatable bonds is 2. The summed E-state index contributed by atoms with van der Waals surface area (Å²) in [5, 5.41) is 7.84. The average Bonchev–Trinajstić information content (AvgIpc) is 2.61. The summed E-state index contributed by atoms with van der Waals surface area (Å²) in [6.07, 6.45) is 0.659. The van der Waals surface area contributed by atoms with Gasteiger partial charge in [-0.25, -0.2) is 0 Å². The van der Waals surface area contributed by atoms with Crippen molar-refractivity contribution in [3.8, 4) is 5.69 Å². The number of hydrogen-bond donors (Lipinski definition) is 1. The molecule has 76 valence electrons. The molecule has 4 nitrogen and oxygen atoms in total. The van der Waals surface area contributed by atoms with E-state index in [1.807, 2.05) is 31.2 Å². The SMILES string of the molecule is Cc1ccc(-n2c(S)nnc2C=O)cc1. The first-order valence-electron chi connectivity index (χ1n) is 4.39. The minimum atomic E-state index is 0.254. The Bertz CT molecular complexity index is 490. The number of aryl methyl sites for hydroxylation is 1. The number of thiol groups is 1. The molecule has 5 heteroatoms. The third-order valence-electron chi connectivity index (χ3n) is 2.07. The second-order valence-corrected chi connectivity index (χ2v) is 3.55. The van der Waals surface area contributed by atoms with Gasteiger partial charge in [-0.1, -0.05) is 17.7 Å². The molecule has 0 aliphatic heterocycles. The Kier molecular flexibility index (Phi) is 2.55. The second kappa shape index (κ2) is 3.86. The average molecular weight is 219 g/mol. The molecule has 0 saturated heterocycles. The van der Waals surface area contributed by atoms with Gasteiger partial charge in [-0.2, -0.15) is 0 Å². The summed E-state index contributed by atoms with van der Waals surface area (Å²) in [6.45, 7) is 2.00. The zero-order valence-electron chi connectivity index (χ0n) is 8.08. The van der Waals surface area contributed by atoms with E-state index in [2.05, 4.69) is 22.8 Å². The van der Waals surface area contributed by atoms with Gasteiger partial charge in [0.15, 0.2) is 11.4 Å². The maximum absolute atomic E-state index is 10.7. The van der Waals surface area contributed by atoms with Crippen LogP contribution in [0.1, 0.15) is 16.2 Å². The van der Waals surface area contributed by atoms with E-state index in [1.165, 1.54) is 0 Å². The molecule has 0 bridgehead atoms. The van der Waals surface area contributed by atoms with Crippen molar-refractivity contribution in [1.82, 2.24) is 14.8 Å². The fourth-order valence-corrected chi connectivity index (χ4v) is 1.57. The van der Waals surface area contributed by atoms with Crippen molar-refractivity contribution in [3.63, 3.8) is 0 Å². The standard InChI is InChI=1S/C10H9N3OS/c1-7-2-4-8(5-3-7)13-9(6-14)11-12-10(13)15/h2-6H,1H3,(H,12,15). The van der Waals surface area contributed by atoms with E-state index in [-0.39, 0.29) is 5.82 Å². The van der Waals surface area contributed by atoms with Crippen molar-refractivity contribution in [2.24, 2.45) is 0 Å². The summed E-state index contributed by atoms with van der Waals surface area (Å²) >= 11 is 4.14. The highest BCUT2D eigenvalue weighted by Crippen LogP contribution is 2.15. The molecule has 1 aromatic carbocycles. The third-order valence-corrected chi connectivity index (χ3v) is 2.36. The molecule has 2 rings (SSSR count). The molecular weight excluding hydrogens is 210 g/mol. The topological polar surface area (TPSA) is 47.8 Å². The van der Waals surface area contributed by atoms with Gasteiger partial charge in [0.2, 0.25) is 5.82 Å². The molecule has 15 heavy (non-hydrogen) atoms. The summed E-state index contributed by atoms with van der Waals surface area (Å²) in [6, 6.07) is 7.70. The predicted molar refractivity (Wildman–Crippen MR) is 58.7 cm³/mol. The lowest BCUT2D eigenvalue weighted by atomic mass is 10.2. The van der Waals surface area contributed by atoms with Gasteiger partial charge in [0.25, 0.3) is 0 Å². The van der Waals surface area contributed by atoms with Gasteiger partial charge >= 0.3 is 0 Å². The van der Waals surface area contributed by atoms with Gasteiger partial charge in [0, 0.05) is 5.69 Å². The minimum absolute atomic E-state index is 0.254. The quantitative estimate of drug-likeness (QED) is 0.617. The van der Waals surface area contributed by atoms with E-state index in [9.17, 15) is 4.79 Å². The molecule has 0 amide bonds. The van der Waals surface area contributed by atoms with E-state index < -0.39 is 0 Å². The van der Waals surface area contributed by atoms with Crippen LogP contribution in [0.15, 0.2) is 29.4 Å². The van der Waals surface area contributed by atoms with Gasteiger partial charge in [-0.3, -0.25) is 9.36 Å². The van der Waals surface area contributed by atoms with E-state index in [4.69, 9.17) is 0 Å². The highest BCUT2D eigenvalue weighted by atomic mass is 32.1. The summed E-state index contributed by atoms with van der Waals surface area (Å²) < 4.78 is 1.59. The van der Waals surface area contributed by atoms with Crippen molar-refractivity contribution in [2.75, 3.05) is 0 Å². The maximum Gasteiger partial charge on any atom is 0.202 e. The Hall–Kier alpha value is -1.62. The minimum Gasteiger partial charge on any atom is -0.294 e. The van der Waals surface area contributed by atoms with Gasteiger partial charge < -0.3 is 0 Å². The largest absolute Gasteiger partial charge is 0.294 e. The molecule has 0 N–H and O–H groups in total. The number of hydrogen-bond acceptors (Lipinski definition) is 4. The molecule has 0 radical (unpaired) electrons. The molecule has 0 aliphatic rings. The number of carbonyl (C=O) groups excluding carboxylic acids is 1. The zero-order chi connectivity index (χ0) is 10.8. The zero-order valence-corrected chi connectivity index (χ0v) is 8.98. The van der Waals surface area contributed by atoms with Crippen LogP contribution in [0, 0.1) is 6.92 Å². The van der Waals surface area contributed by atoms with Crippen LogP contribution < -0.4 is 0 Å². The van der Waals surface area contributed by atoms with E-state index in [0.717, 1.165) is 11.3 Å². The van der Waals surface area contributed by atoms with Crippen LogP contribution in [0.4, 0.5) is 0 Å². The molecular formula is C10H9N3OS. The Balaban J connectivity index is 2.57. The molecule has 0 atom stereocenters. The number of benzene rings is 1. The first-order chi connectivity index (χ1) is 7.22. The van der Waals surface area contributed by atoms with Crippen LogP contribution in [0.25, 0.3) is 5.69 Å². The fraction of sp³-hybridized carbons (Fsp3) is 0.100. The molecule has 0 aliphatic carbocycles. The summed E-state index contributed by atoms with van der Waals surface area (Å²) in [4.78, 5) is 10.7. The molecule has 0 saturated carbocycles. The van der Waals surface area contributed by atoms with Gasteiger partial charge in [-0.05, 0) is 19.1 Å². The Labute approximate surface area is 92.4 Å². The van der Waals surface area contributed by atoms with Crippen molar-refractivity contribution in [2.45, 2.75) is 12.1 Å². The number of aromatic nitrogens is 3. The Morgan fingerprint density at radius 3 is 2.53 bits per heavy atom. The summed E-state index contributed by atoms with van der Waals surface area (Å²) in [7, 11) is 0. The predicted octanol–water partition coefficient (Wildman–Crippen LogP) is 1.68. The lowest BCUT2D eigenvalue weighted by molar-refractivity contribution is 0.111. The maximum atomic E-state index is 10.7. The molecule has 2 aromatic rings. The summed E-state index contributed by atoms with van der Waals surface area (Å²) in [5.41, 5.74) is 1.98. The number of carbonyl (C=O) groups is 1. The van der Waals surface area contributed by atoms with Crippen LogP contribution >= 0.6 is 12.6 Å². The van der Waals surface area contributed by atoms with E-state index >= 15 is 0 Å². The van der Waals surface area contributed by atoms with Crippen LogP contribution in [-0.2, 0) is 0 Å². The van der Waals surface area contributed by atoms with Gasteiger partial charge in [-0.15, -0.1) is 22.8 Å². The fourth-order valence-electron chi connectivity index (χ4n) is 1.31. The van der Waals surface area contributed by atoms with Crippen molar-refractivity contribution in [3.05, 3.63) is 35.7 Å². The highest BCUT2D eigenvalue weighted by molar-refractivity contribution is 7.80. The van der Waals surface area contributed by atoms with E-state index in [0.29, 0.717) is 11.4 Å². The third kappa shape index (κ3) is 1.78. The first-order valence-corrected chi connectivity index (χ1v) is 4.83. The van der Waals surface area contributed by atoms with Crippen molar-refractivity contribution >= 4 is 18.9 Å². The van der Waals surface area contributed by atoms with Crippen LogP contribution in [0.3, 0.4) is 0 Å². The van der Waals surface area contributed by atoms with Crippen LogP contribution in [-0.4, -0.2) is 21.1 Å². The van der Waals surface area contributed by atoms with Crippen LogP contribution in [0.2, 0.25) is 0 Å². The second-order valence-electron chi connectivity index (χ2n) is 3.15. The highest BCUT2D eigenvalue weighted by Gasteiger charge is 2.09. The molecule has 0 spiro atoms. The summed E-state index contributed by atoms with van der Waals surface area (Å²) in [5.74, 6) is 0.254. The molecule has 1 aromatic heterocycles. The van der Waals surface area contributed by atoms with Crippen molar-refractivity contribution < 1.29 is 4.79 Å².